The van der Waals surface area contributed by atoms with Gasteiger partial charge in [0.1, 0.15) is 0 Å². The van der Waals surface area contributed by atoms with Crippen LogP contribution in [0, 0.1) is 5.92 Å². The summed E-state index contributed by atoms with van der Waals surface area (Å²) in [6, 6.07) is 0. The van der Waals surface area contributed by atoms with E-state index in [9.17, 15) is 0 Å². The second kappa shape index (κ2) is 2.96. The fourth-order valence-corrected chi connectivity index (χ4v) is 0.0943. The summed E-state index contributed by atoms with van der Waals surface area (Å²) in [6.45, 7) is 1.36. The summed E-state index contributed by atoms with van der Waals surface area (Å²) in [7, 11) is 0. The molecule has 0 bridgehead atoms. The van der Waals surface area contributed by atoms with Crippen molar-refractivity contribution in [2.24, 2.45) is 5.92 Å². The Hall–Kier alpha value is -0.120. The van der Waals surface area contributed by atoms with Crippen LogP contribution in [0.5, 0.6) is 0 Å². The molecule has 0 aliphatic carbocycles. The van der Waals surface area contributed by atoms with Gasteiger partial charge in [-0.3, -0.25) is 0 Å². The highest BCUT2D eigenvalue weighted by Gasteiger charge is 2.06. The largest absolute Gasteiger partial charge is 0.396 e. The molecule has 3 nitrogen and oxygen atoms in total. The predicted molar refractivity (Wildman–Crippen MR) is 24.5 cm³/mol. The van der Waals surface area contributed by atoms with Crippen LogP contribution >= 0.6 is 0 Å². The Bertz CT molecular complexity index is 44.2. The molecule has 0 spiro atoms. The number of rotatable bonds is 2. The van der Waals surface area contributed by atoms with Gasteiger partial charge in [-0.2, -0.15) is 0 Å². The van der Waals surface area contributed by atoms with Crippen molar-refractivity contribution in [3.05, 3.63) is 0 Å². The molecule has 0 fully saturated rings. The van der Waals surface area contributed by atoms with Gasteiger partial charge in [0, 0.05) is 5.92 Å². The lowest BCUT2D eigenvalue weighted by atomic mass is 10.2. The Morgan fingerprint density at radius 1 is 1.43 bits per heavy atom. The molecule has 0 aliphatic heterocycles. The van der Waals surface area contributed by atoms with Crippen LogP contribution in [0.1, 0.15) is 6.92 Å². The van der Waals surface area contributed by atoms with E-state index in [0.29, 0.717) is 0 Å². The maximum Gasteiger partial charge on any atom is 0.156 e. The normalized spacial score (nSPS) is 15.0. The lowest BCUT2D eigenvalue weighted by Crippen LogP contribution is -2.19. The Balaban J connectivity index is 3.14. The first-order chi connectivity index (χ1) is 3.18. The second-order valence-electron chi connectivity index (χ2n) is 1.57. The highest BCUT2D eigenvalue weighted by Crippen LogP contribution is 1.95. The maximum absolute atomic E-state index is 8.22. The Kier molecular flexibility index (Phi) is 2.91. The third-order valence-corrected chi connectivity index (χ3v) is 0.797. The summed E-state index contributed by atoms with van der Waals surface area (Å²) < 4.78 is 0. The van der Waals surface area contributed by atoms with Crippen LogP contribution in [0.25, 0.3) is 0 Å². The van der Waals surface area contributed by atoms with E-state index in [4.69, 9.17) is 15.3 Å². The van der Waals surface area contributed by atoms with Crippen molar-refractivity contribution < 1.29 is 15.3 Å². The summed E-state index contributed by atoms with van der Waals surface area (Å²) in [5.74, 6) is -0.431. The van der Waals surface area contributed by atoms with E-state index in [0.717, 1.165) is 0 Å². The third kappa shape index (κ3) is 2.56. The van der Waals surface area contributed by atoms with Gasteiger partial charge in [0.2, 0.25) is 0 Å². The van der Waals surface area contributed by atoms with Gasteiger partial charge in [0.25, 0.3) is 0 Å². The molecule has 0 aromatic carbocycles. The molecule has 7 heavy (non-hydrogen) atoms. The third-order valence-electron chi connectivity index (χ3n) is 0.797. The molecule has 0 heterocycles. The van der Waals surface area contributed by atoms with Crippen molar-refractivity contribution in [1.29, 1.82) is 0 Å². The summed E-state index contributed by atoms with van der Waals surface area (Å²) in [5, 5.41) is 24.6. The molecule has 0 saturated carbocycles. The number of hydrogen-bond acceptors (Lipinski definition) is 3. The quantitative estimate of drug-likeness (QED) is 0.393. The van der Waals surface area contributed by atoms with Crippen LogP contribution in [-0.4, -0.2) is 28.2 Å². The van der Waals surface area contributed by atoms with Crippen LogP contribution in [0.3, 0.4) is 0 Å². The van der Waals surface area contributed by atoms with Gasteiger partial charge in [-0.1, -0.05) is 6.92 Å². The molecule has 1 atom stereocenters. The van der Waals surface area contributed by atoms with Crippen molar-refractivity contribution in [2.45, 2.75) is 13.2 Å². The van der Waals surface area contributed by atoms with Crippen LogP contribution in [0.4, 0.5) is 0 Å². The van der Waals surface area contributed by atoms with E-state index in [1.165, 1.54) is 0 Å². The molecule has 3 heteroatoms. The first kappa shape index (κ1) is 6.88. The van der Waals surface area contributed by atoms with Crippen molar-refractivity contribution in [3.63, 3.8) is 0 Å². The molecule has 0 radical (unpaired) electrons. The molecular weight excluding hydrogens is 96.0 g/mol. The van der Waals surface area contributed by atoms with Crippen molar-refractivity contribution in [1.82, 2.24) is 0 Å². The number of aliphatic hydroxyl groups excluding tert-OH is 2. The first-order valence-corrected chi connectivity index (χ1v) is 2.15. The standard InChI is InChI=1S/C4H10O3/c1-3(2-5)4(6)7/h3-7H,2H2,1H3. The highest BCUT2D eigenvalue weighted by molar-refractivity contribution is 4.47. The summed E-state index contributed by atoms with van der Waals surface area (Å²) in [4.78, 5) is 0. The summed E-state index contributed by atoms with van der Waals surface area (Å²) >= 11 is 0. The van der Waals surface area contributed by atoms with Gasteiger partial charge in [-0.05, 0) is 0 Å². The Morgan fingerprint density at radius 3 is 1.86 bits per heavy atom. The van der Waals surface area contributed by atoms with Gasteiger partial charge in [0.15, 0.2) is 6.29 Å². The van der Waals surface area contributed by atoms with Gasteiger partial charge in [-0.25, -0.2) is 0 Å². The number of hydrogen-bond donors (Lipinski definition) is 3. The van der Waals surface area contributed by atoms with Crippen molar-refractivity contribution >= 4 is 0 Å². The van der Waals surface area contributed by atoms with E-state index in [1.54, 1.807) is 6.92 Å². The SMILES string of the molecule is CC(CO)C(O)O. The summed E-state index contributed by atoms with van der Waals surface area (Å²) in [6.07, 6.45) is -1.38. The first-order valence-electron chi connectivity index (χ1n) is 2.15. The zero-order valence-electron chi connectivity index (χ0n) is 4.20. The summed E-state index contributed by atoms with van der Waals surface area (Å²) in [5.41, 5.74) is 0. The minimum absolute atomic E-state index is 0.183. The highest BCUT2D eigenvalue weighted by atomic mass is 16.5. The molecule has 0 saturated heterocycles. The van der Waals surface area contributed by atoms with Crippen LogP contribution in [0.15, 0.2) is 0 Å². The van der Waals surface area contributed by atoms with Crippen molar-refractivity contribution in [3.8, 4) is 0 Å². The predicted octanol–water partition coefficient (Wildman–Crippen LogP) is -1.07. The van der Waals surface area contributed by atoms with Crippen molar-refractivity contribution in [2.75, 3.05) is 6.61 Å². The molecular formula is C4H10O3. The number of aliphatic hydroxyl groups is 3. The molecule has 0 aromatic rings. The average Bonchev–Trinajstić information content (AvgIpc) is 1.65. The van der Waals surface area contributed by atoms with Crippen LogP contribution < -0.4 is 0 Å². The van der Waals surface area contributed by atoms with Gasteiger partial charge < -0.3 is 15.3 Å². The lowest BCUT2D eigenvalue weighted by molar-refractivity contribution is -0.0903. The van der Waals surface area contributed by atoms with Crippen LogP contribution in [0.2, 0.25) is 0 Å². The fraction of sp³-hybridized carbons (Fsp3) is 1.00. The lowest BCUT2D eigenvalue weighted by Gasteiger charge is -2.07. The van der Waals surface area contributed by atoms with Gasteiger partial charge in [-0.15, -0.1) is 0 Å². The van der Waals surface area contributed by atoms with Gasteiger partial charge >= 0.3 is 0 Å². The molecule has 1 unspecified atom stereocenters. The Labute approximate surface area is 42.2 Å². The second-order valence-corrected chi connectivity index (χ2v) is 1.57. The fourth-order valence-electron chi connectivity index (χ4n) is 0.0943. The van der Waals surface area contributed by atoms with E-state index < -0.39 is 12.2 Å². The molecule has 0 aliphatic rings. The zero-order valence-corrected chi connectivity index (χ0v) is 4.20. The molecule has 0 amide bonds. The zero-order chi connectivity index (χ0) is 5.86. The monoisotopic (exact) mass is 106 g/mol. The van der Waals surface area contributed by atoms with E-state index in [-0.39, 0.29) is 6.61 Å². The molecule has 44 valence electrons. The minimum atomic E-state index is -1.38. The van der Waals surface area contributed by atoms with Gasteiger partial charge in [0.05, 0.1) is 6.61 Å². The maximum atomic E-state index is 8.22. The van der Waals surface area contributed by atoms with Crippen LogP contribution in [-0.2, 0) is 0 Å². The topological polar surface area (TPSA) is 60.7 Å². The Morgan fingerprint density at radius 2 is 1.86 bits per heavy atom. The van der Waals surface area contributed by atoms with E-state index in [1.807, 2.05) is 0 Å². The van der Waals surface area contributed by atoms with E-state index in [2.05, 4.69) is 0 Å². The molecule has 0 aromatic heterocycles. The smallest absolute Gasteiger partial charge is 0.156 e. The molecule has 3 N–H and O–H groups in total. The molecule has 0 rings (SSSR count). The average molecular weight is 106 g/mol. The minimum Gasteiger partial charge on any atom is -0.396 e. The van der Waals surface area contributed by atoms with E-state index >= 15 is 0 Å².